The summed E-state index contributed by atoms with van der Waals surface area (Å²) in [6, 6.07) is 1.98. The molecule has 1 aromatic heterocycles. The fourth-order valence-electron chi connectivity index (χ4n) is 2.57. The zero-order valence-corrected chi connectivity index (χ0v) is 12.1. The van der Waals surface area contributed by atoms with Crippen LogP contribution in [-0.2, 0) is 16.0 Å². The quantitative estimate of drug-likeness (QED) is 0.745. The summed E-state index contributed by atoms with van der Waals surface area (Å²) in [4.78, 5) is 13.7. The van der Waals surface area contributed by atoms with E-state index in [-0.39, 0.29) is 11.8 Å². The highest BCUT2D eigenvalue weighted by Crippen LogP contribution is 2.21. The molecule has 0 radical (unpaired) electrons. The van der Waals surface area contributed by atoms with E-state index in [4.69, 9.17) is 4.74 Å². The van der Waals surface area contributed by atoms with Crippen LogP contribution in [0.3, 0.4) is 0 Å². The van der Waals surface area contributed by atoms with Gasteiger partial charge in [0, 0.05) is 31.3 Å². The van der Waals surface area contributed by atoms with E-state index in [0.717, 1.165) is 11.4 Å². The van der Waals surface area contributed by atoms with Crippen LogP contribution in [-0.4, -0.2) is 58.5 Å². The van der Waals surface area contributed by atoms with Gasteiger partial charge in [-0.1, -0.05) is 0 Å². The molecule has 1 saturated heterocycles. The van der Waals surface area contributed by atoms with Gasteiger partial charge in [0.15, 0.2) is 0 Å². The van der Waals surface area contributed by atoms with Crippen LogP contribution < -0.4 is 0 Å². The van der Waals surface area contributed by atoms with Crippen LogP contribution in [0.2, 0.25) is 0 Å². The average molecular weight is 281 g/mol. The van der Waals surface area contributed by atoms with E-state index in [1.54, 1.807) is 4.90 Å². The predicted octanol–water partition coefficient (Wildman–Crippen LogP) is 0.507. The van der Waals surface area contributed by atoms with Gasteiger partial charge in [0.05, 0.1) is 24.8 Å². The minimum absolute atomic E-state index is 0.0539. The van der Waals surface area contributed by atoms with Crippen molar-refractivity contribution in [3.63, 3.8) is 0 Å². The smallest absolute Gasteiger partial charge is 0.224 e. The summed E-state index contributed by atoms with van der Waals surface area (Å²) < 4.78 is 5.19. The predicted molar refractivity (Wildman–Crippen MR) is 74.2 cm³/mol. The first-order valence-corrected chi connectivity index (χ1v) is 7.14. The summed E-state index contributed by atoms with van der Waals surface area (Å²) in [6.45, 7) is 5.94. The van der Waals surface area contributed by atoms with Crippen LogP contribution >= 0.6 is 0 Å². The van der Waals surface area contributed by atoms with Crippen LogP contribution in [0.5, 0.6) is 0 Å². The molecule has 1 aliphatic heterocycles. The molecule has 2 heterocycles. The first-order valence-electron chi connectivity index (χ1n) is 7.14. The number of likely N-dealkylation sites (tertiary alicyclic amines) is 1. The van der Waals surface area contributed by atoms with Gasteiger partial charge in [-0.2, -0.15) is 5.10 Å². The highest BCUT2D eigenvalue weighted by Gasteiger charge is 2.34. The third kappa shape index (κ3) is 3.80. The molecule has 2 N–H and O–H groups in total. The summed E-state index contributed by atoms with van der Waals surface area (Å²) in [6.07, 6.45) is 0.610. The monoisotopic (exact) mass is 281 g/mol. The van der Waals surface area contributed by atoms with Gasteiger partial charge in [-0.15, -0.1) is 0 Å². The van der Waals surface area contributed by atoms with E-state index >= 15 is 0 Å². The number of nitrogens with zero attached hydrogens (tertiary/aromatic N) is 2. The van der Waals surface area contributed by atoms with E-state index in [9.17, 15) is 9.90 Å². The lowest BCUT2D eigenvalue weighted by molar-refractivity contribution is -0.131. The minimum atomic E-state index is -0.469. The van der Waals surface area contributed by atoms with Crippen molar-refractivity contribution in [1.29, 1.82) is 0 Å². The van der Waals surface area contributed by atoms with Crippen molar-refractivity contribution in [2.45, 2.75) is 32.8 Å². The van der Waals surface area contributed by atoms with Gasteiger partial charge in [-0.25, -0.2) is 0 Å². The molecule has 0 unspecified atom stereocenters. The number of rotatable bonds is 6. The molecular formula is C14H23N3O3. The van der Waals surface area contributed by atoms with E-state index in [1.165, 1.54) is 0 Å². The number of H-pyrrole nitrogens is 1. The Balaban J connectivity index is 1.83. The zero-order valence-electron chi connectivity index (χ0n) is 12.1. The molecule has 20 heavy (non-hydrogen) atoms. The third-order valence-corrected chi connectivity index (χ3v) is 3.65. The topological polar surface area (TPSA) is 78.5 Å². The Morgan fingerprint density at radius 3 is 3.05 bits per heavy atom. The third-order valence-electron chi connectivity index (χ3n) is 3.65. The Bertz CT molecular complexity index is 447. The largest absolute Gasteiger partial charge is 0.391 e. The molecule has 1 aliphatic rings. The number of ether oxygens (including phenoxy) is 1. The first-order chi connectivity index (χ1) is 9.60. The number of aryl methyl sites for hydroxylation is 1. The molecule has 6 heteroatoms. The SMILES string of the molecule is CCOCCC(=O)N1C[C@@H](Cc2cc(C)[nH]n2)[C@@H](O)C1. The molecule has 1 fully saturated rings. The van der Waals surface area contributed by atoms with Crippen LogP contribution in [0, 0.1) is 12.8 Å². The Hall–Kier alpha value is -1.40. The number of nitrogens with one attached hydrogen (secondary N) is 1. The molecule has 6 nitrogen and oxygen atoms in total. The summed E-state index contributed by atoms with van der Waals surface area (Å²) in [5.74, 6) is 0.118. The fourth-order valence-corrected chi connectivity index (χ4v) is 2.57. The number of amides is 1. The molecule has 2 atom stereocenters. The Morgan fingerprint density at radius 1 is 1.60 bits per heavy atom. The highest BCUT2D eigenvalue weighted by molar-refractivity contribution is 5.76. The standard InChI is InChI=1S/C14H23N3O3/c1-3-20-5-4-14(19)17-8-11(13(18)9-17)7-12-6-10(2)15-16-12/h6,11,13,18H,3-5,7-9H2,1-2H3,(H,15,16)/t11-,13+/m1/s1. The van der Waals surface area contributed by atoms with Crippen molar-refractivity contribution < 1.29 is 14.6 Å². The molecule has 0 spiro atoms. The number of aliphatic hydroxyl groups is 1. The molecule has 1 amide bonds. The van der Waals surface area contributed by atoms with Gasteiger partial charge in [-0.3, -0.25) is 9.89 Å². The highest BCUT2D eigenvalue weighted by atomic mass is 16.5. The molecule has 112 valence electrons. The first kappa shape index (κ1) is 15.0. The normalized spacial score (nSPS) is 22.4. The van der Waals surface area contributed by atoms with Gasteiger partial charge in [-0.05, 0) is 26.3 Å². The fraction of sp³-hybridized carbons (Fsp3) is 0.714. The van der Waals surface area contributed by atoms with Crippen molar-refractivity contribution in [2.75, 3.05) is 26.3 Å². The second kappa shape index (κ2) is 6.85. The zero-order chi connectivity index (χ0) is 14.5. The summed E-state index contributed by atoms with van der Waals surface area (Å²) >= 11 is 0. The number of carbonyl (C=O) groups excluding carboxylic acids is 1. The summed E-state index contributed by atoms with van der Waals surface area (Å²) in [7, 11) is 0. The van der Waals surface area contributed by atoms with Crippen molar-refractivity contribution in [2.24, 2.45) is 5.92 Å². The van der Waals surface area contributed by atoms with Gasteiger partial charge >= 0.3 is 0 Å². The van der Waals surface area contributed by atoms with Gasteiger partial charge in [0.1, 0.15) is 0 Å². The lowest BCUT2D eigenvalue weighted by atomic mass is 10.0. The maximum Gasteiger partial charge on any atom is 0.224 e. The van der Waals surface area contributed by atoms with Crippen molar-refractivity contribution in [3.8, 4) is 0 Å². The molecular weight excluding hydrogens is 258 g/mol. The second-order valence-corrected chi connectivity index (χ2v) is 5.32. The van der Waals surface area contributed by atoms with E-state index in [1.807, 2.05) is 19.9 Å². The maximum absolute atomic E-state index is 12.0. The van der Waals surface area contributed by atoms with Gasteiger partial charge < -0.3 is 14.7 Å². The van der Waals surface area contributed by atoms with Crippen molar-refractivity contribution >= 4 is 5.91 Å². The maximum atomic E-state index is 12.0. The lowest BCUT2D eigenvalue weighted by Crippen LogP contribution is -2.30. The van der Waals surface area contributed by atoms with E-state index in [0.29, 0.717) is 39.1 Å². The second-order valence-electron chi connectivity index (χ2n) is 5.32. The Labute approximate surface area is 119 Å². The van der Waals surface area contributed by atoms with Crippen molar-refractivity contribution in [1.82, 2.24) is 15.1 Å². The minimum Gasteiger partial charge on any atom is -0.391 e. The molecule has 0 bridgehead atoms. The summed E-state index contributed by atoms with van der Waals surface area (Å²) in [5.41, 5.74) is 1.95. The summed E-state index contributed by atoms with van der Waals surface area (Å²) in [5, 5.41) is 17.2. The van der Waals surface area contributed by atoms with Crippen LogP contribution in [0.25, 0.3) is 0 Å². The average Bonchev–Trinajstić information content (AvgIpc) is 2.97. The van der Waals surface area contributed by atoms with Gasteiger partial charge in [0.2, 0.25) is 5.91 Å². The number of aromatic nitrogens is 2. The Morgan fingerprint density at radius 2 is 2.40 bits per heavy atom. The van der Waals surface area contributed by atoms with E-state index < -0.39 is 6.10 Å². The van der Waals surface area contributed by atoms with Crippen LogP contribution in [0.15, 0.2) is 6.07 Å². The molecule has 2 rings (SSSR count). The van der Waals surface area contributed by atoms with E-state index in [2.05, 4.69) is 10.2 Å². The number of aromatic amines is 1. The number of aliphatic hydroxyl groups excluding tert-OH is 1. The van der Waals surface area contributed by atoms with Gasteiger partial charge in [0.25, 0.3) is 0 Å². The molecule has 0 saturated carbocycles. The number of carbonyl (C=O) groups is 1. The Kier molecular flexibility index (Phi) is 5.14. The number of hydrogen-bond acceptors (Lipinski definition) is 4. The van der Waals surface area contributed by atoms with Crippen molar-refractivity contribution in [3.05, 3.63) is 17.5 Å². The van der Waals surface area contributed by atoms with Crippen LogP contribution in [0.1, 0.15) is 24.7 Å². The van der Waals surface area contributed by atoms with Crippen LogP contribution in [0.4, 0.5) is 0 Å². The number of hydrogen-bond donors (Lipinski definition) is 2. The number of β-amino-alcohol motifs (C(OH)–C–C–N with tert-alkyl or cyclic N) is 1. The molecule has 0 aromatic carbocycles. The molecule has 0 aliphatic carbocycles. The molecule has 1 aromatic rings. The lowest BCUT2D eigenvalue weighted by Gasteiger charge is -2.15.